The lowest BCUT2D eigenvalue weighted by molar-refractivity contribution is 0.0620. The third-order valence-corrected chi connectivity index (χ3v) is 4.71. The molecule has 1 saturated heterocycles. The lowest BCUT2D eigenvalue weighted by Gasteiger charge is -2.22. The van der Waals surface area contributed by atoms with E-state index in [4.69, 9.17) is 9.88 Å². The summed E-state index contributed by atoms with van der Waals surface area (Å²) >= 11 is 0. The summed E-state index contributed by atoms with van der Waals surface area (Å²) in [5, 5.41) is 14.5. The minimum atomic E-state index is -4.00. The first-order valence-corrected chi connectivity index (χ1v) is 8.51. The van der Waals surface area contributed by atoms with Crippen molar-refractivity contribution in [1.29, 1.82) is 0 Å². The molecule has 8 nitrogen and oxygen atoms in total. The summed E-state index contributed by atoms with van der Waals surface area (Å²) in [6.45, 7) is 1.11. The van der Waals surface area contributed by atoms with Gasteiger partial charge in [-0.2, -0.15) is 5.10 Å². The summed E-state index contributed by atoms with van der Waals surface area (Å²) in [5.41, 5.74) is 0.299. The molecule has 2 heterocycles. The van der Waals surface area contributed by atoms with Crippen LogP contribution in [0.4, 0.5) is 0 Å². The van der Waals surface area contributed by atoms with Gasteiger partial charge < -0.3 is 10.1 Å². The third-order valence-electron chi connectivity index (χ3n) is 3.73. The first-order chi connectivity index (χ1) is 9.97. The highest BCUT2D eigenvalue weighted by Crippen LogP contribution is 2.42. The fourth-order valence-corrected chi connectivity index (χ4v) is 3.47. The first-order valence-electron chi connectivity index (χ1n) is 6.96. The first kappa shape index (κ1) is 14.5. The van der Waals surface area contributed by atoms with Gasteiger partial charge in [0.15, 0.2) is 5.69 Å². The van der Waals surface area contributed by atoms with Gasteiger partial charge in [-0.1, -0.05) is 0 Å². The van der Waals surface area contributed by atoms with Crippen LogP contribution in [0.5, 0.6) is 0 Å². The van der Waals surface area contributed by atoms with E-state index in [1.807, 2.05) is 0 Å². The fourth-order valence-electron chi connectivity index (χ4n) is 2.54. The highest BCUT2D eigenvalue weighted by atomic mass is 32.2. The Morgan fingerprint density at radius 2 is 2.14 bits per heavy atom. The zero-order valence-corrected chi connectivity index (χ0v) is 12.3. The quantitative estimate of drug-likeness (QED) is 0.712. The van der Waals surface area contributed by atoms with Gasteiger partial charge in [-0.25, -0.2) is 13.6 Å². The van der Waals surface area contributed by atoms with Crippen molar-refractivity contribution in [1.82, 2.24) is 15.5 Å². The summed E-state index contributed by atoms with van der Waals surface area (Å²) < 4.78 is 28.8. The molecule has 1 aliphatic carbocycles. The zero-order chi connectivity index (χ0) is 15.0. The van der Waals surface area contributed by atoms with Crippen molar-refractivity contribution in [3.8, 4) is 0 Å². The molecule has 0 bridgehead atoms. The number of carbonyl (C=O) groups excluding carboxylic acids is 1. The van der Waals surface area contributed by atoms with E-state index >= 15 is 0 Å². The van der Waals surface area contributed by atoms with Gasteiger partial charge in [0.1, 0.15) is 4.90 Å². The van der Waals surface area contributed by atoms with Gasteiger partial charge in [0.2, 0.25) is 10.0 Å². The van der Waals surface area contributed by atoms with Gasteiger partial charge in [-0.15, -0.1) is 0 Å². The molecule has 4 N–H and O–H groups in total. The van der Waals surface area contributed by atoms with Crippen molar-refractivity contribution < 1.29 is 17.9 Å². The predicted molar refractivity (Wildman–Crippen MR) is 73.2 cm³/mol. The summed E-state index contributed by atoms with van der Waals surface area (Å²) in [6, 6.07) is -0.124. The van der Waals surface area contributed by atoms with E-state index in [-0.39, 0.29) is 22.5 Å². The highest BCUT2D eigenvalue weighted by molar-refractivity contribution is 7.89. The molecular formula is C12H18N4O4S. The number of nitrogens with two attached hydrogens (primary N) is 1. The summed E-state index contributed by atoms with van der Waals surface area (Å²) in [6.07, 6.45) is 3.42. The van der Waals surface area contributed by atoms with E-state index < -0.39 is 15.9 Å². The number of rotatable bonds is 4. The van der Waals surface area contributed by atoms with Gasteiger partial charge in [0, 0.05) is 12.5 Å². The van der Waals surface area contributed by atoms with Crippen LogP contribution in [0.2, 0.25) is 0 Å². The molecule has 1 saturated carbocycles. The number of sulfonamides is 1. The Kier molecular flexibility index (Phi) is 3.72. The molecule has 21 heavy (non-hydrogen) atoms. The molecule has 1 unspecified atom stereocenters. The molecule has 9 heteroatoms. The van der Waals surface area contributed by atoms with E-state index in [0.29, 0.717) is 18.9 Å². The lowest BCUT2D eigenvalue weighted by atomic mass is 10.1. The number of aromatic amines is 1. The number of carbonyl (C=O) groups is 1. The standard InChI is InChI=1S/C12H18N4O4S/c13-21(18,19)11-9(7-3-4-7)15-16-10(11)12(17)14-8-2-1-5-20-6-8/h7-8H,1-6H2,(H,14,17)(H,15,16)(H2,13,18,19). The molecule has 1 atom stereocenters. The van der Waals surface area contributed by atoms with Crippen molar-refractivity contribution in [2.24, 2.45) is 5.14 Å². The minimum absolute atomic E-state index is 0.102. The largest absolute Gasteiger partial charge is 0.379 e. The number of aromatic nitrogens is 2. The molecule has 0 spiro atoms. The Morgan fingerprint density at radius 3 is 2.71 bits per heavy atom. The van der Waals surface area contributed by atoms with Gasteiger partial charge >= 0.3 is 0 Å². The maximum atomic E-state index is 12.3. The van der Waals surface area contributed by atoms with E-state index in [2.05, 4.69) is 15.5 Å². The molecule has 0 aromatic carbocycles. The highest BCUT2D eigenvalue weighted by Gasteiger charge is 2.36. The third kappa shape index (κ3) is 3.09. The van der Waals surface area contributed by atoms with Crippen LogP contribution >= 0.6 is 0 Å². The van der Waals surface area contributed by atoms with Crippen molar-refractivity contribution >= 4 is 15.9 Å². The van der Waals surface area contributed by atoms with Crippen LogP contribution in [-0.2, 0) is 14.8 Å². The number of amides is 1. The van der Waals surface area contributed by atoms with Crippen molar-refractivity contribution in [3.63, 3.8) is 0 Å². The Bertz CT molecular complexity index is 644. The average molecular weight is 314 g/mol. The van der Waals surface area contributed by atoms with Gasteiger partial charge in [0.05, 0.1) is 18.3 Å². The summed E-state index contributed by atoms with van der Waals surface area (Å²) in [4.78, 5) is 12.1. The van der Waals surface area contributed by atoms with Crippen LogP contribution in [0.15, 0.2) is 4.90 Å². The van der Waals surface area contributed by atoms with E-state index in [1.54, 1.807) is 0 Å². The maximum absolute atomic E-state index is 12.3. The fraction of sp³-hybridized carbons (Fsp3) is 0.667. The number of hydrogen-bond acceptors (Lipinski definition) is 5. The van der Waals surface area contributed by atoms with Crippen molar-refractivity contribution in [3.05, 3.63) is 11.4 Å². The number of H-pyrrole nitrogens is 1. The van der Waals surface area contributed by atoms with Crippen LogP contribution in [0.3, 0.4) is 0 Å². The van der Waals surface area contributed by atoms with Gasteiger partial charge in [-0.3, -0.25) is 9.89 Å². The lowest BCUT2D eigenvalue weighted by Crippen LogP contribution is -2.41. The second-order valence-corrected chi connectivity index (χ2v) is 7.02. The van der Waals surface area contributed by atoms with Gasteiger partial charge in [0.25, 0.3) is 5.91 Å². The Balaban J connectivity index is 1.85. The Hall–Kier alpha value is -1.45. The zero-order valence-electron chi connectivity index (χ0n) is 11.5. The molecule has 116 valence electrons. The second-order valence-electron chi connectivity index (χ2n) is 5.52. The van der Waals surface area contributed by atoms with Crippen molar-refractivity contribution in [2.75, 3.05) is 13.2 Å². The monoisotopic (exact) mass is 314 g/mol. The molecular weight excluding hydrogens is 296 g/mol. The van der Waals surface area contributed by atoms with Crippen molar-refractivity contribution in [2.45, 2.75) is 42.5 Å². The van der Waals surface area contributed by atoms with Crippen LogP contribution in [0.1, 0.15) is 47.8 Å². The van der Waals surface area contributed by atoms with E-state index in [0.717, 1.165) is 25.7 Å². The molecule has 1 aliphatic heterocycles. The molecule has 1 amide bonds. The molecule has 3 rings (SSSR count). The van der Waals surface area contributed by atoms with Crippen LogP contribution in [0, 0.1) is 0 Å². The predicted octanol–water partition coefficient (Wildman–Crippen LogP) is -0.157. The summed E-state index contributed by atoms with van der Waals surface area (Å²) in [5.74, 6) is -0.428. The van der Waals surface area contributed by atoms with E-state index in [1.165, 1.54) is 0 Å². The average Bonchev–Trinajstić information content (AvgIpc) is 3.16. The summed E-state index contributed by atoms with van der Waals surface area (Å²) in [7, 11) is -4.00. The number of hydrogen-bond donors (Lipinski definition) is 3. The van der Waals surface area contributed by atoms with Crippen LogP contribution in [0.25, 0.3) is 0 Å². The normalized spacial score (nSPS) is 23.0. The number of nitrogens with zero attached hydrogens (tertiary/aromatic N) is 1. The SMILES string of the molecule is NS(=O)(=O)c1c(C(=O)NC2CCCOC2)n[nH]c1C1CC1. The van der Waals surface area contributed by atoms with Crippen LogP contribution in [-0.4, -0.2) is 43.8 Å². The molecule has 1 aromatic heterocycles. The number of primary sulfonamides is 1. The molecule has 0 radical (unpaired) electrons. The smallest absolute Gasteiger partial charge is 0.273 e. The molecule has 2 fully saturated rings. The number of nitrogens with one attached hydrogen (secondary N) is 2. The Morgan fingerprint density at radius 1 is 1.38 bits per heavy atom. The van der Waals surface area contributed by atoms with E-state index in [9.17, 15) is 13.2 Å². The van der Waals surface area contributed by atoms with Crippen LogP contribution < -0.4 is 10.5 Å². The molecule has 1 aromatic rings. The molecule has 2 aliphatic rings. The Labute approximate surface area is 122 Å². The maximum Gasteiger partial charge on any atom is 0.273 e. The topological polar surface area (TPSA) is 127 Å². The van der Waals surface area contributed by atoms with Gasteiger partial charge in [-0.05, 0) is 25.7 Å². The second kappa shape index (κ2) is 5.39. The minimum Gasteiger partial charge on any atom is -0.379 e. The number of ether oxygens (including phenoxy) is 1.